The molecule has 2 heterocycles. The van der Waals surface area contributed by atoms with Gasteiger partial charge in [0.1, 0.15) is 22.3 Å². The largest absolute Gasteiger partial charge is 0.455 e. The van der Waals surface area contributed by atoms with Crippen molar-refractivity contribution in [1.82, 2.24) is 0 Å². The molecule has 64 heavy (non-hydrogen) atoms. The van der Waals surface area contributed by atoms with Crippen molar-refractivity contribution >= 4 is 60.9 Å². The topological polar surface area (TPSA) is 29.5 Å². The van der Waals surface area contributed by atoms with Gasteiger partial charge in [-0.25, -0.2) is 0 Å². The molecule has 10 aromatic carbocycles. The maximum Gasteiger partial charge on any atom is 0.143 e. The van der Waals surface area contributed by atoms with E-state index in [1.165, 1.54) is 33.4 Å². The summed E-state index contributed by atoms with van der Waals surface area (Å²) in [6.07, 6.45) is 0. The highest BCUT2D eigenvalue weighted by Gasteiger charge is 2.46. The first kappa shape index (κ1) is 36.3. The van der Waals surface area contributed by atoms with Crippen molar-refractivity contribution in [2.75, 3.05) is 4.90 Å². The third-order valence-corrected chi connectivity index (χ3v) is 13.4. The summed E-state index contributed by atoms with van der Waals surface area (Å²) in [5.41, 5.74) is 17.9. The molecule has 0 amide bonds. The van der Waals surface area contributed by atoms with Gasteiger partial charge in [0.2, 0.25) is 0 Å². The van der Waals surface area contributed by atoms with Crippen molar-refractivity contribution < 1.29 is 8.83 Å². The van der Waals surface area contributed by atoms with Crippen LogP contribution in [0.25, 0.3) is 77.3 Å². The molecular weight excluding hydrogens is 779 g/mol. The first-order valence-corrected chi connectivity index (χ1v) is 21.9. The lowest BCUT2D eigenvalue weighted by Gasteiger charge is -2.35. The zero-order chi connectivity index (χ0) is 42.2. The molecule has 3 nitrogen and oxygen atoms in total. The second kappa shape index (κ2) is 14.3. The standard InChI is InChI=1S/C61H39NO2/c1-3-17-41(18-4-1)61(42-19-5-2-6-20-42)54-29-11-7-21-46(54)47-38-37-44(39-55(47)61)62(43-35-33-40(34-36-43)45-25-15-27-52-49-23-9-13-31-57(49)63-59(45)52)56-30-12-8-22-48(56)51-26-16-28-53-50-24-10-14-32-58(50)64-60(51)53/h1-39H. The lowest BCUT2D eigenvalue weighted by atomic mass is 9.67. The molecule has 0 spiro atoms. The highest BCUT2D eigenvalue weighted by Crippen LogP contribution is 2.57. The van der Waals surface area contributed by atoms with E-state index in [9.17, 15) is 0 Å². The van der Waals surface area contributed by atoms with Crippen molar-refractivity contribution in [3.05, 3.63) is 259 Å². The minimum Gasteiger partial charge on any atom is -0.455 e. The van der Waals surface area contributed by atoms with Crippen LogP contribution in [-0.2, 0) is 5.41 Å². The van der Waals surface area contributed by atoms with Crippen LogP contribution in [0.5, 0.6) is 0 Å². The van der Waals surface area contributed by atoms with Crippen molar-refractivity contribution in [2.24, 2.45) is 0 Å². The highest BCUT2D eigenvalue weighted by atomic mass is 16.3. The molecule has 0 atom stereocenters. The summed E-state index contributed by atoms with van der Waals surface area (Å²) in [7, 11) is 0. The van der Waals surface area contributed by atoms with Gasteiger partial charge in [-0.05, 0) is 81.4 Å². The molecule has 0 N–H and O–H groups in total. The SMILES string of the molecule is c1ccc(C2(c3ccccc3)c3ccccc3-c3ccc(N(c4ccc(-c5cccc6c5oc5ccccc56)cc4)c4ccccc4-c4cccc5c4oc4ccccc45)cc32)cc1. The summed E-state index contributed by atoms with van der Waals surface area (Å²) in [6, 6.07) is 85.3. The molecule has 1 aliphatic carbocycles. The Morgan fingerprint density at radius 1 is 0.312 bits per heavy atom. The maximum absolute atomic E-state index is 6.70. The third kappa shape index (κ3) is 5.34. The molecule has 0 saturated carbocycles. The van der Waals surface area contributed by atoms with E-state index in [4.69, 9.17) is 8.83 Å². The quantitative estimate of drug-likeness (QED) is 0.160. The van der Waals surface area contributed by atoms with Gasteiger partial charge in [-0.15, -0.1) is 0 Å². The van der Waals surface area contributed by atoms with Crippen LogP contribution in [-0.4, -0.2) is 0 Å². The van der Waals surface area contributed by atoms with E-state index in [1.54, 1.807) is 0 Å². The summed E-state index contributed by atoms with van der Waals surface area (Å²) in [5.74, 6) is 0. The Labute approximate surface area is 370 Å². The predicted molar refractivity (Wildman–Crippen MR) is 264 cm³/mol. The van der Waals surface area contributed by atoms with Gasteiger partial charge < -0.3 is 13.7 Å². The Balaban J connectivity index is 1.05. The molecule has 300 valence electrons. The molecule has 0 radical (unpaired) electrons. The molecule has 0 saturated heterocycles. The zero-order valence-corrected chi connectivity index (χ0v) is 34.8. The molecule has 0 aliphatic heterocycles. The Morgan fingerprint density at radius 3 is 1.47 bits per heavy atom. The summed E-state index contributed by atoms with van der Waals surface area (Å²) in [6.45, 7) is 0. The molecule has 2 aromatic heterocycles. The Morgan fingerprint density at radius 2 is 0.797 bits per heavy atom. The average molecular weight is 818 g/mol. The zero-order valence-electron chi connectivity index (χ0n) is 34.8. The van der Waals surface area contributed by atoms with E-state index < -0.39 is 5.41 Å². The number of hydrogen-bond donors (Lipinski definition) is 0. The van der Waals surface area contributed by atoms with Gasteiger partial charge in [0.05, 0.1) is 11.1 Å². The fourth-order valence-corrected chi connectivity index (χ4v) is 10.6. The van der Waals surface area contributed by atoms with Gasteiger partial charge in [-0.3, -0.25) is 0 Å². The number of fused-ring (bicyclic) bond motifs is 9. The number of benzene rings is 10. The van der Waals surface area contributed by atoms with Gasteiger partial charge in [0.15, 0.2) is 0 Å². The molecule has 1 aliphatic rings. The van der Waals surface area contributed by atoms with E-state index >= 15 is 0 Å². The monoisotopic (exact) mass is 817 g/mol. The van der Waals surface area contributed by atoms with E-state index in [0.29, 0.717) is 0 Å². The number of anilines is 3. The Hall–Kier alpha value is -8.40. The second-order valence-electron chi connectivity index (χ2n) is 16.7. The van der Waals surface area contributed by atoms with Crippen LogP contribution in [0.3, 0.4) is 0 Å². The smallest absolute Gasteiger partial charge is 0.143 e. The number of rotatable bonds is 7. The van der Waals surface area contributed by atoms with E-state index in [2.05, 4.69) is 223 Å². The second-order valence-corrected chi connectivity index (χ2v) is 16.7. The molecule has 0 fully saturated rings. The molecule has 3 heteroatoms. The van der Waals surface area contributed by atoms with Crippen molar-refractivity contribution in [3.8, 4) is 33.4 Å². The lowest BCUT2D eigenvalue weighted by molar-refractivity contribution is 0.669. The molecule has 0 bridgehead atoms. The van der Waals surface area contributed by atoms with Crippen LogP contribution in [0.1, 0.15) is 22.3 Å². The van der Waals surface area contributed by atoms with Crippen LogP contribution < -0.4 is 4.90 Å². The Bertz CT molecular complexity index is 3690. The van der Waals surface area contributed by atoms with E-state index in [0.717, 1.165) is 83.2 Å². The average Bonchev–Trinajstić information content (AvgIpc) is 4.04. The van der Waals surface area contributed by atoms with E-state index in [1.807, 2.05) is 18.2 Å². The van der Waals surface area contributed by atoms with Crippen LogP contribution in [0, 0.1) is 0 Å². The maximum atomic E-state index is 6.70. The first-order chi connectivity index (χ1) is 31.8. The van der Waals surface area contributed by atoms with Crippen LogP contribution >= 0.6 is 0 Å². The number of para-hydroxylation sites is 5. The summed E-state index contributed by atoms with van der Waals surface area (Å²) in [5, 5.41) is 4.45. The lowest BCUT2D eigenvalue weighted by Crippen LogP contribution is -2.28. The minimum atomic E-state index is -0.551. The molecular formula is C61H39NO2. The summed E-state index contributed by atoms with van der Waals surface area (Å²) in [4.78, 5) is 2.42. The van der Waals surface area contributed by atoms with Crippen LogP contribution in [0.2, 0.25) is 0 Å². The molecule has 12 aromatic rings. The fraction of sp³-hybridized carbons (Fsp3) is 0.0164. The molecule has 13 rings (SSSR count). The van der Waals surface area contributed by atoms with Crippen molar-refractivity contribution in [3.63, 3.8) is 0 Å². The van der Waals surface area contributed by atoms with Gasteiger partial charge in [-0.1, -0.05) is 194 Å². The van der Waals surface area contributed by atoms with Crippen molar-refractivity contribution in [2.45, 2.75) is 5.41 Å². The van der Waals surface area contributed by atoms with Gasteiger partial charge in [-0.2, -0.15) is 0 Å². The van der Waals surface area contributed by atoms with Crippen molar-refractivity contribution in [1.29, 1.82) is 0 Å². The third-order valence-electron chi connectivity index (χ3n) is 13.4. The Kier molecular flexibility index (Phi) is 8.13. The van der Waals surface area contributed by atoms with Crippen LogP contribution in [0.15, 0.2) is 245 Å². The van der Waals surface area contributed by atoms with E-state index in [-0.39, 0.29) is 0 Å². The fourth-order valence-electron chi connectivity index (χ4n) is 10.6. The van der Waals surface area contributed by atoms with Gasteiger partial charge in [0.25, 0.3) is 0 Å². The highest BCUT2D eigenvalue weighted by molar-refractivity contribution is 6.11. The number of nitrogens with zero attached hydrogens (tertiary/aromatic N) is 1. The summed E-state index contributed by atoms with van der Waals surface area (Å²) >= 11 is 0. The number of furan rings is 2. The molecule has 0 unspecified atom stereocenters. The van der Waals surface area contributed by atoms with Gasteiger partial charge in [0, 0.05) is 49.6 Å². The first-order valence-electron chi connectivity index (χ1n) is 21.9. The van der Waals surface area contributed by atoms with Crippen LogP contribution in [0.4, 0.5) is 17.1 Å². The normalized spacial score (nSPS) is 12.8. The minimum absolute atomic E-state index is 0.551. The predicted octanol–water partition coefficient (Wildman–Crippen LogP) is 16.7. The summed E-state index contributed by atoms with van der Waals surface area (Å²) < 4.78 is 13.2. The number of hydrogen-bond acceptors (Lipinski definition) is 3. The van der Waals surface area contributed by atoms with Gasteiger partial charge >= 0.3 is 0 Å².